The van der Waals surface area contributed by atoms with Gasteiger partial charge in [-0.2, -0.15) is 0 Å². The van der Waals surface area contributed by atoms with Gasteiger partial charge in [0, 0.05) is 36.9 Å². The van der Waals surface area contributed by atoms with Gasteiger partial charge in [-0.25, -0.2) is 19.7 Å². The first-order chi connectivity index (χ1) is 16.9. The van der Waals surface area contributed by atoms with Crippen molar-refractivity contribution in [2.45, 2.75) is 51.0 Å². The summed E-state index contributed by atoms with van der Waals surface area (Å²) in [6, 6.07) is 3.41. The van der Waals surface area contributed by atoms with E-state index in [0.29, 0.717) is 30.4 Å². The Morgan fingerprint density at radius 2 is 2.00 bits per heavy atom. The summed E-state index contributed by atoms with van der Waals surface area (Å²) >= 11 is 1.18. The third-order valence-corrected chi connectivity index (χ3v) is 6.88. The fourth-order valence-corrected chi connectivity index (χ4v) is 4.57. The lowest BCUT2D eigenvalue weighted by molar-refractivity contribution is -0.138. The van der Waals surface area contributed by atoms with E-state index in [1.165, 1.54) is 5.56 Å². The van der Waals surface area contributed by atoms with E-state index in [0.717, 1.165) is 56.7 Å². The predicted molar refractivity (Wildman–Crippen MR) is 138 cm³/mol. The maximum Gasteiger partial charge on any atom is 0.326 e. The van der Waals surface area contributed by atoms with Crippen molar-refractivity contribution >= 4 is 44.7 Å². The Hall–Kier alpha value is -2.15. The molecule has 2 aromatic heterocycles. The number of carbonyl (C=O) groups is 1. The fourth-order valence-electron chi connectivity index (χ4n) is 4.00. The van der Waals surface area contributed by atoms with E-state index in [1.54, 1.807) is 12.4 Å². The third kappa shape index (κ3) is 9.79. The average molecular weight is 569 g/mol. The van der Waals surface area contributed by atoms with E-state index in [2.05, 4.69) is 53.6 Å². The molecule has 3 rings (SSSR count). The Bertz CT molecular complexity index is 981. The van der Waals surface area contributed by atoms with E-state index in [-0.39, 0.29) is 11.7 Å². The molecule has 3 heterocycles. The summed E-state index contributed by atoms with van der Waals surface area (Å²) in [6.45, 7) is 2.84. The zero-order chi connectivity index (χ0) is 25.0. The summed E-state index contributed by atoms with van der Waals surface area (Å²) in [5.74, 6) is 0.365. The molecule has 2 atom stereocenters. The zero-order valence-corrected chi connectivity index (χ0v) is 22.0. The van der Waals surface area contributed by atoms with Gasteiger partial charge in [0.2, 0.25) is 5.95 Å². The molecule has 3 N–H and O–H groups in total. The Labute approximate surface area is 216 Å². The van der Waals surface area contributed by atoms with Crippen LogP contribution in [0.5, 0.6) is 0 Å². The van der Waals surface area contributed by atoms with Crippen molar-refractivity contribution in [2.75, 3.05) is 42.6 Å². The van der Waals surface area contributed by atoms with Crippen LogP contribution in [0.4, 0.5) is 11.8 Å². The van der Waals surface area contributed by atoms with Gasteiger partial charge < -0.3 is 25.2 Å². The molecule has 10 nitrogen and oxygen atoms in total. The quantitative estimate of drug-likeness (QED) is 0.217. The maximum absolute atomic E-state index is 11.8. The van der Waals surface area contributed by atoms with E-state index in [4.69, 9.17) is 4.98 Å². The molecule has 35 heavy (non-hydrogen) atoms. The molecule has 0 amide bonds. The molecule has 0 radical (unpaired) electrons. The van der Waals surface area contributed by atoms with Gasteiger partial charge in [-0.1, -0.05) is 17.1 Å². The number of nitrogens with zero attached hydrogens (tertiary/aromatic N) is 4. The number of nitrogens with one attached hydrogen (secondary N) is 2. The molecular weight excluding hydrogens is 536 g/mol. The van der Waals surface area contributed by atoms with Gasteiger partial charge >= 0.3 is 5.97 Å². The molecule has 1 aliphatic rings. The topological polar surface area (TPSA) is 143 Å². The number of anilines is 2. The number of aliphatic carboxylic acids is 1. The van der Waals surface area contributed by atoms with E-state index in [1.807, 2.05) is 0 Å². The number of rotatable bonds is 15. The van der Waals surface area contributed by atoms with E-state index >= 15 is 0 Å². The Kier molecular flexibility index (Phi) is 11.3. The fraction of sp³-hybridized carbons (Fsp3) is 0.565. The number of aryl methyl sites for hydroxylation is 2. The predicted octanol–water partition coefficient (Wildman–Crippen LogP) is 2.84. The van der Waals surface area contributed by atoms with Crippen LogP contribution in [0.1, 0.15) is 43.4 Å². The van der Waals surface area contributed by atoms with Gasteiger partial charge in [0.1, 0.15) is 11.9 Å². The molecule has 0 bridgehead atoms. The van der Waals surface area contributed by atoms with Crippen molar-refractivity contribution in [3.63, 3.8) is 0 Å². The van der Waals surface area contributed by atoms with Crippen molar-refractivity contribution in [1.82, 2.24) is 19.9 Å². The molecule has 0 spiro atoms. The highest BCUT2D eigenvalue weighted by Crippen LogP contribution is 2.20. The smallest absolute Gasteiger partial charge is 0.326 e. The van der Waals surface area contributed by atoms with Gasteiger partial charge in [-0.15, -0.1) is 0 Å². The van der Waals surface area contributed by atoms with Crippen LogP contribution >= 0.6 is 15.9 Å². The molecule has 0 fully saturated rings. The van der Waals surface area contributed by atoms with Crippen molar-refractivity contribution in [3.05, 3.63) is 40.3 Å². The number of carboxylic acid groups (broad SMARTS) is 1. The first-order valence-corrected chi connectivity index (χ1v) is 13.9. The van der Waals surface area contributed by atoms with Crippen LogP contribution in [0, 0.1) is 0 Å². The van der Waals surface area contributed by atoms with Crippen molar-refractivity contribution in [3.8, 4) is 0 Å². The first-order valence-electron chi connectivity index (χ1n) is 11.9. The lowest BCUT2D eigenvalue weighted by atomic mass is 10.1. The van der Waals surface area contributed by atoms with Crippen LogP contribution in [0.2, 0.25) is 0 Å². The number of carboxylic acids is 1. The van der Waals surface area contributed by atoms with Gasteiger partial charge in [0.05, 0.1) is 4.47 Å². The molecule has 0 aromatic carbocycles. The highest BCUT2D eigenvalue weighted by atomic mass is 79.9. The monoisotopic (exact) mass is 567 g/mol. The van der Waals surface area contributed by atoms with Gasteiger partial charge in [0.15, 0.2) is 0 Å². The molecule has 12 heteroatoms. The van der Waals surface area contributed by atoms with Crippen LogP contribution in [0.15, 0.2) is 29.0 Å². The molecule has 192 valence electrons. The number of aromatic nitrogens is 3. The molecule has 1 aliphatic heterocycles. The molecule has 0 saturated heterocycles. The Morgan fingerprint density at radius 3 is 2.74 bits per heavy atom. The Morgan fingerprint density at radius 1 is 1.23 bits per heavy atom. The highest BCUT2D eigenvalue weighted by Gasteiger charge is 2.20. The minimum atomic E-state index is -2.08. The van der Waals surface area contributed by atoms with Crippen LogP contribution in [0.3, 0.4) is 0 Å². The number of unbranched alkanes of at least 4 members (excludes halogenated alkanes) is 1. The van der Waals surface area contributed by atoms with Gasteiger partial charge in [0.25, 0.3) is 0 Å². The van der Waals surface area contributed by atoms with Crippen LogP contribution < -0.4 is 10.6 Å². The molecule has 2 aromatic rings. The largest absolute Gasteiger partial charge is 0.772 e. The van der Waals surface area contributed by atoms with Crippen LogP contribution in [0.25, 0.3) is 0 Å². The number of hydrogen-bond donors (Lipinski definition) is 3. The number of halogens is 1. The number of fused-ring (bicyclic) bond motifs is 1. The molecule has 0 saturated carbocycles. The van der Waals surface area contributed by atoms with E-state index < -0.39 is 23.1 Å². The van der Waals surface area contributed by atoms with Crippen LogP contribution in [-0.4, -0.2) is 77.7 Å². The summed E-state index contributed by atoms with van der Waals surface area (Å²) in [5, 5.41) is 15.9. The summed E-state index contributed by atoms with van der Waals surface area (Å²) < 4.78 is 22.6. The van der Waals surface area contributed by atoms with Crippen molar-refractivity contribution in [1.29, 1.82) is 0 Å². The molecule has 2 unspecified atom stereocenters. The summed E-state index contributed by atoms with van der Waals surface area (Å²) in [6.07, 6.45) is 8.89. The number of hydrogen-bond acceptors (Lipinski definition) is 9. The van der Waals surface area contributed by atoms with Crippen LogP contribution in [-0.2, 0) is 28.7 Å². The summed E-state index contributed by atoms with van der Waals surface area (Å²) in [4.78, 5) is 26.8. The van der Waals surface area contributed by atoms with E-state index in [9.17, 15) is 18.7 Å². The van der Waals surface area contributed by atoms with Gasteiger partial charge in [-0.3, -0.25) is 4.21 Å². The SMILES string of the molecule is O=C(O)C(CCN(CCCCc1ccc2c(n1)NCCC2)CCCS(=O)[O-])Nc1ncc(Br)cn1. The Balaban J connectivity index is 1.49. The van der Waals surface area contributed by atoms with Crippen molar-refractivity contribution < 1.29 is 18.7 Å². The number of pyridine rings is 1. The zero-order valence-electron chi connectivity index (χ0n) is 19.6. The first kappa shape index (κ1) is 27.4. The van der Waals surface area contributed by atoms with Crippen molar-refractivity contribution in [2.24, 2.45) is 0 Å². The second kappa shape index (κ2) is 14.4. The summed E-state index contributed by atoms with van der Waals surface area (Å²) in [7, 11) is 0. The van der Waals surface area contributed by atoms with Gasteiger partial charge in [-0.05, 0) is 85.6 Å². The summed E-state index contributed by atoms with van der Waals surface area (Å²) in [5.41, 5.74) is 2.34. The minimum absolute atomic E-state index is 0.0931. The molecular formula is C23H32BrN6O4S-. The lowest BCUT2D eigenvalue weighted by Gasteiger charge is -2.24. The second-order valence-corrected chi connectivity index (χ2v) is 10.5. The molecule has 0 aliphatic carbocycles. The third-order valence-electron chi connectivity index (χ3n) is 5.85. The highest BCUT2D eigenvalue weighted by molar-refractivity contribution is 9.10. The standard InChI is InChI=1S/C23H33BrN6O4S/c24-18-15-26-23(27-16-18)29-20(22(31)32)9-13-30(12-4-14-35(33)34)11-2-1-6-19-8-7-17-5-3-10-25-21(17)28-19/h7-8,15-16,20H,1-6,9-14H2,(H,25,28)(H,31,32)(H,33,34)(H,26,27,29)/p-1. The maximum atomic E-state index is 11.8. The normalized spacial score (nSPS) is 14.7. The average Bonchev–Trinajstić information content (AvgIpc) is 2.84. The lowest BCUT2D eigenvalue weighted by Crippen LogP contribution is -2.36. The minimum Gasteiger partial charge on any atom is -0.772 e. The second-order valence-electron chi connectivity index (χ2n) is 8.55.